The average molecular weight is 196 g/mol. The molecule has 0 saturated heterocycles. The molecule has 3 nitrogen and oxygen atoms in total. The molecule has 0 aromatic heterocycles. The minimum absolute atomic E-state index is 0. The molecule has 0 aromatic carbocycles. The maximum absolute atomic E-state index is 9.45. The van der Waals surface area contributed by atoms with Crippen molar-refractivity contribution in [1.29, 1.82) is 0 Å². The van der Waals surface area contributed by atoms with Crippen molar-refractivity contribution in [3.8, 4) is 0 Å². The van der Waals surface area contributed by atoms with Gasteiger partial charge in [-0.05, 0) is 0 Å². The monoisotopic (exact) mass is 195 g/mol. The molecule has 0 fully saturated rings. The van der Waals surface area contributed by atoms with Crippen LogP contribution in [0.2, 0.25) is 0 Å². The summed E-state index contributed by atoms with van der Waals surface area (Å²) in [7, 11) is 0. The standard InChI is InChI=1S/C3H7NO2.Ni.Ti/c4-3(1-5)2-6;;/h1,3,6H,2,4H2;;/t3-;;/m1../s1. The van der Waals surface area contributed by atoms with E-state index in [1.54, 1.807) is 0 Å². The van der Waals surface area contributed by atoms with Crippen LogP contribution >= 0.6 is 0 Å². The van der Waals surface area contributed by atoms with Crippen molar-refractivity contribution in [1.82, 2.24) is 0 Å². The molecule has 0 aliphatic heterocycles. The number of nitrogens with two attached hydrogens (primary N) is 1. The van der Waals surface area contributed by atoms with Gasteiger partial charge in [-0.15, -0.1) is 0 Å². The number of aldehydes is 1. The maximum Gasteiger partial charge on any atom is 0.139 e. The first-order valence-electron chi connectivity index (χ1n) is 1.63. The molecule has 3 N–H and O–H groups in total. The van der Waals surface area contributed by atoms with Crippen molar-refractivity contribution in [3.63, 3.8) is 0 Å². The third-order valence-electron chi connectivity index (χ3n) is 0.386. The first kappa shape index (κ1) is 15.9. The Hall–Kier alpha value is 0.798. The molecule has 0 radical (unpaired) electrons. The summed E-state index contributed by atoms with van der Waals surface area (Å²) in [6.07, 6.45) is 0.500. The van der Waals surface area contributed by atoms with Crippen LogP contribution in [-0.2, 0) is 43.0 Å². The Morgan fingerprint density at radius 2 is 2.12 bits per heavy atom. The Morgan fingerprint density at radius 3 is 2.12 bits per heavy atom. The summed E-state index contributed by atoms with van der Waals surface area (Å²) >= 11 is 0. The van der Waals surface area contributed by atoms with E-state index in [0.717, 1.165) is 0 Å². The Morgan fingerprint density at radius 1 is 1.75 bits per heavy atom. The van der Waals surface area contributed by atoms with Gasteiger partial charge < -0.3 is 15.6 Å². The molecule has 0 aliphatic rings. The zero-order valence-electron chi connectivity index (χ0n) is 4.11. The zero-order chi connectivity index (χ0) is 4.99. The Balaban J connectivity index is -0.000000125. The molecule has 0 spiro atoms. The SMILES string of the molecule is N[C@H](C=O)CO.[Ni].[Ti]. The first-order chi connectivity index (χ1) is 2.81. The van der Waals surface area contributed by atoms with Crippen LogP contribution in [0.5, 0.6) is 0 Å². The summed E-state index contributed by atoms with van der Waals surface area (Å²) in [5.74, 6) is 0. The van der Waals surface area contributed by atoms with Crippen LogP contribution in [0.1, 0.15) is 0 Å². The third-order valence-corrected chi connectivity index (χ3v) is 0.386. The van der Waals surface area contributed by atoms with Gasteiger partial charge in [0.25, 0.3) is 0 Å². The van der Waals surface area contributed by atoms with Crippen LogP contribution in [0.4, 0.5) is 0 Å². The summed E-state index contributed by atoms with van der Waals surface area (Å²) in [6.45, 7) is -0.260. The Kier molecular flexibility index (Phi) is 21.3. The number of carbonyl (C=O) groups excluding carboxylic acids is 1. The molecule has 0 saturated carbocycles. The normalized spacial score (nSPS) is 10.2. The average Bonchev–Trinajstić information content (AvgIpc) is 1.65. The quantitative estimate of drug-likeness (QED) is 0.417. The minimum atomic E-state index is -0.690. The smallest absolute Gasteiger partial charge is 0.139 e. The molecule has 5 heteroatoms. The zero-order valence-corrected chi connectivity index (χ0v) is 6.66. The molecular formula is C3H7NNiO2Ti. The molecule has 1 atom stereocenters. The fraction of sp³-hybridized carbons (Fsp3) is 0.667. The van der Waals surface area contributed by atoms with Crippen LogP contribution in [-0.4, -0.2) is 24.0 Å². The van der Waals surface area contributed by atoms with E-state index in [1.807, 2.05) is 0 Å². The van der Waals surface area contributed by atoms with Gasteiger partial charge in [-0.2, -0.15) is 0 Å². The van der Waals surface area contributed by atoms with E-state index in [4.69, 9.17) is 10.8 Å². The van der Waals surface area contributed by atoms with Crippen LogP contribution in [0, 0.1) is 0 Å². The fourth-order valence-electron chi connectivity index (χ4n) is 0.0430. The number of carbonyl (C=O) groups is 1. The summed E-state index contributed by atoms with van der Waals surface area (Å²) in [5.41, 5.74) is 4.85. The van der Waals surface area contributed by atoms with Crippen LogP contribution in [0.15, 0.2) is 0 Å². The van der Waals surface area contributed by atoms with Gasteiger partial charge in [-0.25, -0.2) is 0 Å². The van der Waals surface area contributed by atoms with E-state index in [0.29, 0.717) is 6.29 Å². The van der Waals surface area contributed by atoms with Gasteiger partial charge in [0.05, 0.1) is 12.6 Å². The topological polar surface area (TPSA) is 63.3 Å². The van der Waals surface area contributed by atoms with Crippen LogP contribution < -0.4 is 5.73 Å². The number of aliphatic hydroxyl groups is 1. The number of hydrogen-bond donors (Lipinski definition) is 2. The van der Waals surface area contributed by atoms with Crippen molar-refractivity contribution in [2.24, 2.45) is 5.73 Å². The van der Waals surface area contributed by atoms with Crippen molar-refractivity contribution in [2.75, 3.05) is 6.61 Å². The summed E-state index contributed by atoms with van der Waals surface area (Å²) < 4.78 is 0. The third kappa shape index (κ3) is 9.93. The van der Waals surface area contributed by atoms with Crippen LogP contribution in [0.3, 0.4) is 0 Å². The summed E-state index contributed by atoms with van der Waals surface area (Å²) in [4.78, 5) is 9.45. The van der Waals surface area contributed by atoms with Crippen molar-refractivity contribution in [3.05, 3.63) is 0 Å². The summed E-state index contributed by atoms with van der Waals surface area (Å²) in [5, 5.41) is 7.98. The van der Waals surface area contributed by atoms with Crippen molar-refractivity contribution >= 4 is 6.29 Å². The molecule has 50 valence electrons. The predicted molar refractivity (Wildman–Crippen MR) is 21.1 cm³/mol. The largest absolute Gasteiger partial charge is 0.394 e. The predicted octanol–water partition coefficient (Wildman–Crippen LogP) is -1.50. The van der Waals surface area contributed by atoms with Gasteiger partial charge in [0.1, 0.15) is 6.29 Å². The second-order valence-electron chi connectivity index (χ2n) is 0.983. The van der Waals surface area contributed by atoms with Gasteiger partial charge in [0.2, 0.25) is 0 Å². The molecule has 0 amide bonds. The van der Waals surface area contributed by atoms with Gasteiger partial charge >= 0.3 is 0 Å². The second-order valence-corrected chi connectivity index (χ2v) is 0.983. The van der Waals surface area contributed by atoms with E-state index in [9.17, 15) is 4.79 Å². The Bertz CT molecular complexity index is 54.5. The number of aliphatic hydroxyl groups excluding tert-OH is 1. The molecule has 0 rings (SSSR count). The molecule has 0 aliphatic carbocycles. The second kappa shape index (κ2) is 10.7. The van der Waals surface area contributed by atoms with Gasteiger partial charge in [-0.1, -0.05) is 0 Å². The Labute approximate surface area is 72.8 Å². The van der Waals surface area contributed by atoms with Gasteiger partial charge in [0.15, 0.2) is 0 Å². The summed E-state index contributed by atoms with van der Waals surface area (Å²) in [6, 6.07) is -0.690. The van der Waals surface area contributed by atoms with Gasteiger partial charge in [0, 0.05) is 38.2 Å². The van der Waals surface area contributed by atoms with E-state index >= 15 is 0 Å². The molecule has 0 unspecified atom stereocenters. The fourth-order valence-corrected chi connectivity index (χ4v) is 0.0430. The molecule has 0 bridgehead atoms. The minimum Gasteiger partial charge on any atom is -0.394 e. The van der Waals surface area contributed by atoms with E-state index < -0.39 is 6.04 Å². The van der Waals surface area contributed by atoms with Gasteiger partial charge in [-0.3, -0.25) is 0 Å². The molecule has 0 aromatic rings. The van der Waals surface area contributed by atoms with E-state index in [2.05, 4.69) is 0 Å². The molecule has 0 heterocycles. The number of rotatable bonds is 2. The van der Waals surface area contributed by atoms with E-state index in [-0.39, 0.29) is 44.8 Å². The molecule has 8 heavy (non-hydrogen) atoms. The van der Waals surface area contributed by atoms with E-state index in [1.165, 1.54) is 0 Å². The van der Waals surface area contributed by atoms with Crippen LogP contribution in [0.25, 0.3) is 0 Å². The first-order valence-corrected chi connectivity index (χ1v) is 1.63. The maximum atomic E-state index is 9.45. The van der Waals surface area contributed by atoms with Crippen molar-refractivity contribution < 1.29 is 48.1 Å². The number of hydrogen-bond acceptors (Lipinski definition) is 3. The molecular weight excluding hydrogens is 189 g/mol. The van der Waals surface area contributed by atoms with Crippen molar-refractivity contribution in [2.45, 2.75) is 6.04 Å².